The van der Waals surface area contributed by atoms with E-state index in [1.165, 1.54) is 0 Å². The minimum Gasteiger partial charge on any atom is -0.348 e. The van der Waals surface area contributed by atoms with Crippen LogP contribution in [-0.4, -0.2) is 16.0 Å². The maximum Gasteiger partial charge on any atom is 0.259 e. The molecule has 5 rings (SSSR count). The standard InChI is InChI=1S/C28H21ClN2O3S/c29-22-10-6-9-20(15-22)18-31-24-16-21(27(32)30-17-19-7-2-1-3-8-19)13-14-26(24)35(34)25-12-5-4-11-23(25)28(31)33/h1-16H,17-18H2,(H,30,32)/t35-/m0/s1. The van der Waals surface area contributed by atoms with Crippen LogP contribution < -0.4 is 10.2 Å². The number of benzene rings is 4. The molecular formula is C28H21ClN2O3S. The van der Waals surface area contributed by atoms with Gasteiger partial charge < -0.3 is 10.2 Å². The molecule has 0 bridgehead atoms. The maximum absolute atomic E-state index is 13.7. The van der Waals surface area contributed by atoms with Crippen LogP contribution in [0, 0.1) is 0 Å². The summed E-state index contributed by atoms with van der Waals surface area (Å²) in [5, 5.41) is 3.47. The molecule has 4 aromatic carbocycles. The first-order valence-corrected chi connectivity index (χ1v) is 12.6. The highest BCUT2D eigenvalue weighted by Crippen LogP contribution is 2.36. The van der Waals surface area contributed by atoms with Crippen molar-refractivity contribution in [3.05, 3.63) is 124 Å². The van der Waals surface area contributed by atoms with Crippen LogP contribution in [0.3, 0.4) is 0 Å². The van der Waals surface area contributed by atoms with Crippen molar-refractivity contribution in [2.75, 3.05) is 4.90 Å². The molecule has 174 valence electrons. The van der Waals surface area contributed by atoms with E-state index in [1.807, 2.05) is 42.5 Å². The molecule has 2 amide bonds. The second kappa shape index (κ2) is 9.86. The maximum atomic E-state index is 13.7. The molecule has 0 saturated carbocycles. The molecule has 0 radical (unpaired) electrons. The molecule has 0 aromatic heterocycles. The third-order valence-electron chi connectivity index (χ3n) is 5.80. The number of anilines is 1. The second-order valence-corrected chi connectivity index (χ2v) is 9.99. The first-order valence-electron chi connectivity index (χ1n) is 11.0. The molecule has 1 heterocycles. The van der Waals surface area contributed by atoms with Gasteiger partial charge in [0.25, 0.3) is 11.8 Å². The SMILES string of the molecule is O=C(NCc1ccccc1)c1ccc2c(c1)N(Cc1cccc(Cl)c1)C(=O)c1ccccc1[S@@]2=O. The number of carbonyl (C=O) groups excluding carboxylic acids is 2. The van der Waals surface area contributed by atoms with Crippen LogP contribution in [0.25, 0.3) is 0 Å². The fraction of sp³-hybridized carbons (Fsp3) is 0.0714. The Balaban J connectivity index is 1.55. The number of hydrogen-bond donors (Lipinski definition) is 1. The molecule has 0 aliphatic carbocycles. The highest BCUT2D eigenvalue weighted by Gasteiger charge is 2.31. The number of nitrogens with zero attached hydrogens (tertiary/aromatic N) is 1. The molecule has 5 nitrogen and oxygen atoms in total. The van der Waals surface area contributed by atoms with Crippen molar-refractivity contribution < 1.29 is 13.8 Å². The summed E-state index contributed by atoms with van der Waals surface area (Å²) in [6, 6.07) is 28.7. The Kier molecular flexibility index (Phi) is 6.49. The zero-order valence-corrected chi connectivity index (χ0v) is 20.2. The summed E-state index contributed by atoms with van der Waals surface area (Å²) in [5.41, 5.74) is 2.99. The summed E-state index contributed by atoms with van der Waals surface area (Å²) in [4.78, 5) is 29.2. The van der Waals surface area contributed by atoms with E-state index in [4.69, 9.17) is 11.6 Å². The first kappa shape index (κ1) is 23.0. The van der Waals surface area contributed by atoms with Crippen LogP contribution in [0.15, 0.2) is 107 Å². The highest BCUT2D eigenvalue weighted by atomic mass is 35.5. The number of halogens is 1. The van der Waals surface area contributed by atoms with Gasteiger partial charge in [0.1, 0.15) is 0 Å². The van der Waals surface area contributed by atoms with E-state index >= 15 is 0 Å². The van der Waals surface area contributed by atoms with Crippen molar-refractivity contribution in [3.8, 4) is 0 Å². The first-order chi connectivity index (χ1) is 17.0. The van der Waals surface area contributed by atoms with E-state index in [9.17, 15) is 13.8 Å². The summed E-state index contributed by atoms with van der Waals surface area (Å²) in [7, 11) is -1.59. The lowest BCUT2D eigenvalue weighted by Gasteiger charge is -2.24. The predicted octanol–water partition coefficient (Wildman–Crippen LogP) is 5.60. The summed E-state index contributed by atoms with van der Waals surface area (Å²) in [6.07, 6.45) is 0. The van der Waals surface area contributed by atoms with Crippen molar-refractivity contribution in [2.45, 2.75) is 22.9 Å². The monoisotopic (exact) mass is 500 g/mol. The van der Waals surface area contributed by atoms with E-state index in [0.717, 1.165) is 11.1 Å². The van der Waals surface area contributed by atoms with Crippen molar-refractivity contribution >= 4 is 39.9 Å². The Morgan fingerprint density at radius 2 is 1.57 bits per heavy atom. The van der Waals surface area contributed by atoms with Gasteiger partial charge >= 0.3 is 0 Å². The molecule has 0 spiro atoms. The molecule has 1 aliphatic heterocycles. The fourth-order valence-electron chi connectivity index (χ4n) is 4.06. The van der Waals surface area contributed by atoms with Crippen LogP contribution in [0.5, 0.6) is 0 Å². The average Bonchev–Trinajstić information content (AvgIpc) is 2.97. The molecule has 0 fully saturated rings. The largest absolute Gasteiger partial charge is 0.348 e. The summed E-state index contributed by atoms with van der Waals surface area (Å²) in [6.45, 7) is 0.590. The minimum atomic E-state index is -1.59. The van der Waals surface area contributed by atoms with E-state index in [1.54, 1.807) is 59.5 Å². The molecular weight excluding hydrogens is 480 g/mol. The zero-order chi connectivity index (χ0) is 24.4. The lowest BCUT2D eigenvalue weighted by atomic mass is 10.1. The Bertz CT molecular complexity index is 1460. The van der Waals surface area contributed by atoms with E-state index < -0.39 is 10.8 Å². The number of amides is 2. The van der Waals surface area contributed by atoms with Crippen molar-refractivity contribution in [2.24, 2.45) is 0 Å². The van der Waals surface area contributed by atoms with Crippen LogP contribution in [0.1, 0.15) is 31.8 Å². The molecule has 4 aromatic rings. The van der Waals surface area contributed by atoms with Gasteiger partial charge in [-0.1, -0.05) is 66.2 Å². The van der Waals surface area contributed by atoms with Gasteiger partial charge in [-0.2, -0.15) is 0 Å². The quantitative estimate of drug-likeness (QED) is 0.388. The van der Waals surface area contributed by atoms with Gasteiger partial charge in [0.2, 0.25) is 0 Å². The molecule has 1 N–H and O–H groups in total. The van der Waals surface area contributed by atoms with E-state index in [-0.39, 0.29) is 18.4 Å². The lowest BCUT2D eigenvalue weighted by Crippen LogP contribution is -2.31. The predicted molar refractivity (Wildman–Crippen MR) is 137 cm³/mol. The second-order valence-electron chi connectivity index (χ2n) is 8.14. The topological polar surface area (TPSA) is 66.5 Å². The smallest absolute Gasteiger partial charge is 0.259 e. The van der Waals surface area contributed by atoms with E-state index in [2.05, 4.69) is 5.32 Å². The van der Waals surface area contributed by atoms with Crippen molar-refractivity contribution in [1.82, 2.24) is 5.32 Å². The molecule has 1 atom stereocenters. The summed E-state index contributed by atoms with van der Waals surface area (Å²) < 4.78 is 13.5. The minimum absolute atomic E-state index is 0.215. The van der Waals surface area contributed by atoms with Gasteiger partial charge in [0.05, 0.1) is 38.4 Å². The number of rotatable bonds is 5. The Morgan fingerprint density at radius 1 is 0.829 bits per heavy atom. The van der Waals surface area contributed by atoms with Gasteiger partial charge in [-0.15, -0.1) is 0 Å². The van der Waals surface area contributed by atoms with Crippen LogP contribution in [0.2, 0.25) is 5.02 Å². The third-order valence-corrected chi connectivity index (χ3v) is 7.53. The van der Waals surface area contributed by atoms with Crippen LogP contribution in [-0.2, 0) is 23.9 Å². The fourth-order valence-corrected chi connectivity index (χ4v) is 5.62. The summed E-state index contributed by atoms with van der Waals surface area (Å²) >= 11 is 6.18. The summed E-state index contributed by atoms with van der Waals surface area (Å²) in [5.74, 6) is -0.561. The Morgan fingerprint density at radius 3 is 2.37 bits per heavy atom. The molecule has 0 unspecified atom stereocenters. The van der Waals surface area contributed by atoms with Gasteiger partial charge in [-0.3, -0.25) is 9.59 Å². The highest BCUT2D eigenvalue weighted by molar-refractivity contribution is 7.85. The van der Waals surface area contributed by atoms with Crippen LogP contribution in [0.4, 0.5) is 5.69 Å². The zero-order valence-electron chi connectivity index (χ0n) is 18.6. The number of fused-ring (bicyclic) bond motifs is 2. The van der Waals surface area contributed by atoms with Crippen molar-refractivity contribution in [1.29, 1.82) is 0 Å². The van der Waals surface area contributed by atoms with Crippen LogP contribution >= 0.6 is 11.6 Å². The molecule has 7 heteroatoms. The van der Waals surface area contributed by atoms with Gasteiger partial charge in [0, 0.05) is 17.1 Å². The Labute approximate surface area is 210 Å². The van der Waals surface area contributed by atoms with E-state index in [0.29, 0.717) is 38.2 Å². The number of hydrogen-bond acceptors (Lipinski definition) is 3. The van der Waals surface area contributed by atoms with Gasteiger partial charge in [0.15, 0.2) is 0 Å². The van der Waals surface area contributed by atoms with Gasteiger partial charge in [-0.05, 0) is 53.6 Å². The average molecular weight is 501 g/mol. The Hall–Kier alpha value is -3.74. The third kappa shape index (κ3) is 4.76. The number of carbonyl (C=O) groups is 2. The van der Waals surface area contributed by atoms with Crippen molar-refractivity contribution in [3.63, 3.8) is 0 Å². The molecule has 1 aliphatic rings. The molecule has 0 saturated heterocycles. The lowest BCUT2D eigenvalue weighted by molar-refractivity contribution is 0.0947. The molecule has 35 heavy (non-hydrogen) atoms. The number of nitrogens with one attached hydrogen (secondary N) is 1. The van der Waals surface area contributed by atoms with Gasteiger partial charge in [-0.25, -0.2) is 4.21 Å². The normalized spacial score (nSPS) is 14.6.